The Kier molecular flexibility index (Phi) is 9.77. The Morgan fingerprint density at radius 2 is 1.96 bits per heavy atom. The molecule has 1 saturated carbocycles. The van der Waals surface area contributed by atoms with Crippen molar-refractivity contribution in [3.05, 3.63) is 35.1 Å². The summed E-state index contributed by atoms with van der Waals surface area (Å²) in [6, 6.07) is 5.30. The van der Waals surface area contributed by atoms with Crippen LogP contribution < -0.4 is 16.0 Å². The van der Waals surface area contributed by atoms with E-state index in [0.717, 1.165) is 18.4 Å². The number of amides is 1. The Labute approximate surface area is 166 Å². The number of halogens is 2. The second-order valence-electron chi connectivity index (χ2n) is 6.27. The van der Waals surface area contributed by atoms with Crippen LogP contribution in [0.1, 0.15) is 43.2 Å². The second kappa shape index (κ2) is 11.3. The summed E-state index contributed by atoms with van der Waals surface area (Å²) < 4.78 is 13.3. The van der Waals surface area contributed by atoms with Gasteiger partial charge in [-0.3, -0.25) is 9.79 Å². The van der Waals surface area contributed by atoms with Gasteiger partial charge in [-0.2, -0.15) is 0 Å². The van der Waals surface area contributed by atoms with Crippen molar-refractivity contribution in [3.63, 3.8) is 0 Å². The van der Waals surface area contributed by atoms with Crippen molar-refractivity contribution in [2.75, 3.05) is 13.6 Å². The highest BCUT2D eigenvalue weighted by atomic mass is 127. The van der Waals surface area contributed by atoms with Crippen molar-refractivity contribution < 1.29 is 9.18 Å². The molecule has 0 aliphatic heterocycles. The molecule has 3 N–H and O–H groups in total. The molecule has 0 unspecified atom stereocenters. The van der Waals surface area contributed by atoms with Gasteiger partial charge in [0.2, 0.25) is 5.91 Å². The zero-order valence-corrected chi connectivity index (χ0v) is 17.2. The average molecular weight is 462 g/mol. The molecule has 1 aliphatic rings. The van der Waals surface area contributed by atoms with Crippen molar-refractivity contribution in [3.8, 4) is 0 Å². The highest BCUT2D eigenvalue weighted by Crippen LogP contribution is 2.17. The molecule has 1 aromatic carbocycles. The first kappa shape index (κ1) is 21.7. The number of nitrogens with one attached hydrogen (secondary N) is 3. The van der Waals surface area contributed by atoms with Crippen LogP contribution in [0.2, 0.25) is 0 Å². The van der Waals surface area contributed by atoms with Crippen molar-refractivity contribution in [2.45, 2.75) is 51.6 Å². The van der Waals surface area contributed by atoms with Crippen LogP contribution in [0.5, 0.6) is 0 Å². The molecular weight excluding hydrogens is 434 g/mol. The lowest BCUT2D eigenvalue weighted by atomic mass is 9.95. The van der Waals surface area contributed by atoms with E-state index in [9.17, 15) is 9.18 Å². The fourth-order valence-electron chi connectivity index (χ4n) is 2.91. The molecule has 0 spiro atoms. The Morgan fingerprint density at radius 1 is 1.24 bits per heavy atom. The van der Waals surface area contributed by atoms with Gasteiger partial charge in [-0.1, -0.05) is 31.4 Å². The number of benzene rings is 1. The summed E-state index contributed by atoms with van der Waals surface area (Å²) in [6.07, 6.45) is 5.80. The van der Waals surface area contributed by atoms with Crippen LogP contribution in [0.4, 0.5) is 4.39 Å². The van der Waals surface area contributed by atoms with Crippen molar-refractivity contribution in [1.82, 2.24) is 16.0 Å². The van der Waals surface area contributed by atoms with Gasteiger partial charge in [-0.25, -0.2) is 4.39 Å². The minimum atomic E-state index is -0.208. The first-order valence-electron chi connectivity index (χ1n) is 8.57. The minimum Gasteiger partial charge on any atom is -0.352 e. The molecular formula is C18H28FIN4O. The van der Waals surface area contributed by atoms with E-state index in [1.54, 1.807) is 26.1 Å². The predicted octanol–water partition coefficient (Wildman–Crippen LogP) is 2.87. The molecule has 5 nitrogen and oxygen atoms in total. The molecule has 0 atom stereocenters. The van der Waals surface area contributed by atoms with Gasteiger partial charge in [-0.05, 0) is 37.0 Å². The first-order chi connectivity index (χ1) is 11.6. The van der Waals surface area contributed by atoms with Crippen molar-refractivity contribution in [1.29, 1.82) is 0 Å². The standard InChI is InChI=1S/C18H27FN4O.HI/c1-13-10-14(8-9-16(13)19)11-21-18(20-2)22-12-17(24)23-15-6-4-3-5-7-15;/h8-10,15H,3-7,11-12H2,1-2H3,(H,23,24)(H2,20,21,22);1H. The zero-order valence-electron chi connectivity index (χ0n) is 14.9. The Hall–Kier alpha value is -1.38. The maximum atomic E-state index is 13.3. The second-order valence-corrected chi connectivity index (χ2v) is 6.27. The highest BCUT2D eigenvalue weighted by molar-refractivity contribution is 14.0. The van der Waals surface area contributed by atoms with Gasteiger partial charge in [-0.15, -0.1) is 24.0 Å². The maximum Gasteiger partial charge on any atom is 0.239 e. The summed E-state index contributed by atoms with van der Waals surface area (Å²) in [5.41, 5.74) is 1.58. The van der Waals surface area contributed by atoms with Gasteiger partial charge in [0.25, 0.3) is 0 Å². The summed E-state index contributed by atoms with van der Waals surface area (Å²) >= 11 is 0. The van der Waals surface area contributed by atoms with E-state index in [2.05, 4.69) is 20.9 Å². The quantitative estimate of drug-likeness (QED) is 0.358. The normalized spacial score (nSPS) is 15.2. The lowest BCUT2D eigenvalue weighted by Gasteiger charge is -2.23. The summed E-state index contributed by atoms with van der Waals surface area (Å²) in [5, 5.41) is 9.20. The number of carbonyl (C=O) groups is 1. The molecule has 0 heterocycles. The third-order valence-electron chi connectivity index (χ3n) is 4.29. The molecule has 0 aromatic heterocycles. The Morgan fingerprint density at radius 3 is 2.60 bits per heavy atom. The van der Waals surface area contributed by atoms with Gasteiger partial charge in [0.1, 0.15) is 5.82 Å². The van der Waals surface area contributed by atoms with Gasteiger partial charge in [0.15, 0.2) is 5.96 Å². The number of guanidine groups is 1. The minimum absolute atomic E-state index is 0. The van der Waals surface area contributed by atoms with Gasteiger partial charge >= 0.3 is 0 Å². The lowest BCUT2D eigenvalue weighted by molar-refractivity contribution is -0.120. The average Bonchev–Trinajstić information content (AvgIpc) is 2.59. The lowest BCUT2D eigenvalue weighted by Crippen LogP contribution is -2.45. The fraction of sp³-hybridized carbons (Fsp3) is 0.556. The molecule has 1 aromatic rings. The number of rotatable bonds is 5. The van der Waals surface area contributed by atoms with Crippen LogP contribution in [0.15, 0.2) is 23.2 Å². The molecule has 0 saturated heterocycles. The molecule has 2 rings (SSSR count). The van der Waals surface area contributed by atoms with Crippen molar-refractivity contribution >= 4 is 35.8 Å². The first-order valence-corrected chi connectivity index (χ1v) is 8.57. The number of hydrogen-bond donors (Lipinski definition) is 3. The smallest absolute Gasteiger partial charge is 0.239 e. The Bertz CT molecular complexity index is 588. The van der Waals surface area contributed by atoms with E-state index in [1.807, 2.05) is 0 Å². The van der Waals surface area contributed by atoms with Crippen LogP contribution in [0, 0.1) is 12.7 Å². The van der Waals surface area contributed by atoms with Crippen LogP contribution in [-0.2, 0) is 11.3 Å². The number of hydrogen-bond acceptors (Lipinski definition) is 2. The van der Waals surface area contributed by atoms with E-state index < -0.39 is 0 Å². The van der Waals surface area contributed by atoms with Crippen molar-refractivity contribution in [2.24, 2.45) is 4.99 Å². The Balaban J connectivity index is 0.00000312. The summed E-state index contributed by atoms with van der Waals surface area (Å²) in [4.78, 5) is 16.1. The molecule has 1 amide bonds. The van der Waals surface area contributed by atoms with Crippen LogP contribution in [0.3, 0.4) is 0 Å². The number of carbonyl (C=O) groups excluding carboxylic acids is 1. The highest BCUT2D eigenvalue weighted by Gasteiger charge is 2.15. The fourth-order valence-corrected chi connectivity index (χ4v) is 2.91. The van der Waals surface area contributed by atoms with Gasteiger partial charge in [0.05, 0.1) is 6.54 Å². The molecule has 0 radical (unpaired) electrons. The summed E-state index contributed by atoms with van der Waals surface area (Å²) in [7, 11) is 1.66. The molecule has 140 valence electrons. The monoisotopic (exact) mass is 462 g/mol. The molecule has 1 fully saturated rings. The SMILES string of the molecule is CN=C(NCC(=O)NC1CCCCC1)NCc1ccc(F)c(C)c1.I. The van der Waals surface area contributed by atoms with Crippen LogP contribution in [-0.4, -0.2) is 31.5 Å². The third kappa shape index (κ3) is 7.58. The molecule has 25 heavy (non-hydrogen) atoms. The molecule has 7 heteroatoms. The summed E-state index contributed by atoms with van der Waals surface area (Å²) in [5.74, 6) is 0.332. The topological polar surface area (TPSA) is 65.5 Å². The van der Waals surface area contributed by atoms with Crippen LogP contribution in [0.25, 0.3) is 0 Å². The van der Waals surface area contributed by atoms with E-state index in [-0.39, 0.29) is 42.2 Å². The molecule has 0 bridgehead atoms. The summed E-state index contributed by atoms with van der Waals surface area (Å²) in [6.45, 7) is 2.45. The predicted molar refractivity (Wildman–Crippen MR) is 110 cm³/mol. The largest absolute Gasteiger partial charge is 0.352 e. The zero-order chi connectivity index (χ0) is 17.4. The van der Waals surface area contributed by atoms with E-state index >= 15 is 0 Å². The number of aryl methyl sites for hydroxylation is 1. The van der Waals surface area contributed by atoms with Gasteiger partial charge in [0, 0.05) is 19.6 Å². The van der Waals surface area contributed by atoms with E-state index in [1.165, 1.54) is 25.3 Å². The van der Waals surface area contributed by atoms with E-state index in [4.69, 9.17) is 0 Å². The maximum absolute atomic E-state index is 13.3. The third-order valence-corrected chi connectivity index (χ3v) is 4.29. The van der Waals surface area contributed by atoms with Crippen LogP contribution >= 0.6 is 24.0 Å². The van der Waals surface area contributed by atoms with Gasteiger partial charge < -0.3 is 16.0 Å². The molecule has 1 aliphatic carbocycles. The number of aliphatic imine (C=N–C) groups is 1. The van der Waals surface area contributed by atoms with E-state index in [0.29, 0.717) is 24.1 Å². The number of nitrogens with zero attached hydrogens (tertiary/aromatic N) is 1.